The monoisotopic (exact) mass is 360 g/mol. The number of nitrogens with zero attached hydrogens (tertiary/aromatic N) is 1. The number of rotatable bonds is 7. The van der Waals surface area contributed by atoms with Crippen molar-refractivity contribution >= 4 is 23.2 Å². The van der Waals surface area contributed by atoms with Gasteiger partial charge in [0.05, 0.1) is 18.2 Å². The molecule has 134 valence electrons. The van der Waals surface area contributed by atoms with Gasteiger partial charge in [-0.1, -0.05) is 18.2 Å². The average molecular weight is 360 g/mol. The lowest BCUT2D eigenvalue weighted by Crippen LogP contribution is -2.39. The molecule has 4 N–H and O–H groups in total. The van der Waals surface area contributed by atoms with E-state index in [-0.39, 0.29) is 23.3 Å². The summed E-state index contributed by atoms with van der Waals surface area (Å²) in [4.78, 5) is 17.7. The number of para-hydroxylation sites is 1. The topological polar surface area (TPSA) is 85.8 Å². The molecular weight excluding hydrogens is 336 g/mol. The summed E-state index contributed by atoms with van der Waals surface area (Å²) in [5.41, 5.74) is 0.267. The number of nitrogens with one attached hydrogen (secondary N) is 3. The molecular formula is C18H24N4O2S. The molecule has 0 aliphatic carbocycles. The second-order valence-electron chi connectivity index (χ2n) is 5.42. The standard InChI is InChI=1S/C18H24N4O2S/c1-3-19-18(22-13(2)16-9-6-12-25-16)21-11-10-20-17(24)14-7-4-5-8-15(14)23/h4-9,12-13,23H,3,10-11H2,1-2H3,(H,20,24)(H2,19,21,22). The van der Waals surface area contributed by atoms with Crippen LogP contribution in [0, 0.1) is 0 Å². The SMILES string of the molecule is CCNC(=NCCNC(=O)c1ccccc1O)NC(C)c1cccs1. The molecule has 1 aromatic carbocycles. The molecule has 0 saturated carbocycles. The summed E-state index contributed by atoms with van der Waals surface area (Å²) < 4.78 is 0. The van der Waals surface area contributed by atoms with Crippen LogP contribution in [0.15, 0.2) is 46.8 Å². The maximum absolute atomic E-state index is 12.0. The number of hydrogen-bond acceptors (Lipinski definition) is 4. The Labute approximate surface area is 152 Å². The van der Waals surface area contributed by atoms with Crippen molar-refractivity contribution in [2.75, 3.05) is 19.6 Å². The Morgan fingerprint density at radius 1 is 1.24 bits per heavy atom. The zero-order chi connectivity index (χ0) is 18.1. The zero-order valence-corrected chi connectivity index (χ0v) is 15.3. The van der Waals surface area contributed by atoms with Crippen molar-refractivity contribution in [3.8, 4) is 5.75 Å². The first kappa shape index (κ1) is 18.8. The lowest BCUT2D eigenvalue weighted by molar-refractivity contribution is 0.0952. The summed E-state index contributed by atoms with van der Waals surface area (Å²) in [6, 6.07) is 10.7. The van der Waals surface area contributed by atoms with E-state index < -0.39 is 0 Å². The van der Waals surface area contributed by atoms with E-state index in [4.69, 9.17) is 0 Å². The molecule has 1 heterocycles. The van der Waals surface area contributed by atoms with Crippen molar-refractivity contribution in [3.05, 3.63) is 52.2 Å². The Balaban J connectivity index is 1.84. The van der Waals surface area contributed by atoms with E-state index in [2.05, 4.69) is 33.9 Å². The summed E-state index contributed by atoms with van der Waals surface area (Å²) in [5, 5.41) is 21.0. The van der Waals surface area contributed by atoms with Gasteiger partial charge in [0.1, 0.15) is 5.75 Å². The molecule has 1 atom stereocenters. The Morgan fingerprint density at radius 3 is 2.72 bits per heavy atom. The summed E-state index contributed by atoms with van der Waals surface area (Å²) >= 11 is 1.70. The second-order valence-corrected chi connectivity index (χ2v) is 6.39. The van der Waals surface area contributed by atoms with Gasteiger partial charge in [-0.05, 0) is 37.4 Å². The first-order valence-corrected chi connectivity index (χ1v) is 9.14. The average Bonchev–Trinajstić information content (AvgIpc) is 3.13. The van der Waals surface area contributed by atoms with Crippen molar-refractivity contribution in [3.63, 3.8) is 0 Å². The van der Waals surface area contributed by atoms with Crippen LogP contribution in [-0.4, -0.2) is 36.6 Å². The molecule has 6 nitrogen and oxygen atoms in total. The third-order valence-corrected chi connectivity index (χ3v) is 4.54. The third-order valence-electron chi connectivity index (χ3n) is 3.48. The smallest absolute Gasteiger partial charge is 0.255 e. The van der Waals surface area contributed by atoms with Gasteiger partial charge in [-0.15, -0.1) is 11.3 Å². The van der Waals surface area contributed by atoms with Crippen molar-refractivity contribution in [1.82, 2.24) is 16.0 Å². The molecule has 2 rings (SSSR count). The summed E-state index contributed by atoms with van der Waals surface area (Å²) in [7, 11) is 0. The van der Waals surface area contributed by atoms with Crippen LogP contribution < -0.4 is 16.0 Å². The van der Waals surface area contributed by atoms with Crippen LogP contribution in [-0.2, 0) is 0 Å². The highest BCUT2D eigenvalue weighted by Gasteiger charge is 2.10. The predicted octanol–water partition coefficient (Wildman–Crippen LogP) is 2.50. The molecule has 1 aromatic heterocycles. The molecule has 0 saturated heterocycles. The van der Waals surface area contributed by atoms with E-state index >= 15 is 0 Å². The van der Waals surface area contributed by atoms with Gasteiger partial charge in [-0.3, -0.25) is 9.79 Å². The number of hydrogen-bond donors (Lipinski definition) is 4. The van der Waals surface area contributed by atoms with Gasteiger partial charge in [-0.25, -0.2) is 0 Å². The number of carbonyl (C=O) groups is 1. The van der Waals surface area contributed by atoms with Crippen LogP contribution in [0.3, 0.4) is 0 Å². The Hall–Kier alpha value is -2.54. The zero-order valence-electron chi connectivity index (χ0n) is 14.5. The summed E-state index contributed by atoms with van der Waals surface area (Å²) in [6.45, 7) is 5.67. The number of phenolic OH excluding ortho intramolecular Hbond substituents is 1. The van der Waals surface area contributed by atoms with Crippen molar-refractivity contribution in [1.29, 1.82) is 0 Å². The lowest BCUT2D eigenvalue weighted by Gasteiger charge is -2.16. The fourth-order valence-electron chi connectivity index (χ4n) is 2.23. The first-order chi connectivity index (χ1) is 12.1. The fraction of sp³-hybridized carbons (Fsp3) is 0.333. The van der Waals surface area contributed by atoms with Crippen LogP contribution >= 0.6 is 11.3 Å². The van der Waals surface area contributed by atoms with Crippen LogP contribution in [0.1, 0.15) is 35.1 Å². The van der Waals surface area contributed by atoms with Crippen molar-refractivity contribution in [2.45, 2.75) is 19.9 Å². The minimum atomic E-state index is -0.307. The van der Waals surface area contributed by atoms with E-state index in [9.17, 15) is 9.90 Å². The van der Waals surface area contributed by atoms with E-state index in [1.807, 2.05) is 18.4 Å². The molecule has 0 fully saturated rings. The molecule has 2 aromatic rings. The van der Waals surface area contributed by atoms with Gasteiger partial charge < -0.3 is 21.1 Å². The van der Waals surface area contributed by atoms with Crippen LogP contribution in [0.2, 0.25) is 0 Å². The normalized spacial score (nSPS) is 12.5. The minimum Gasteiger partial charge on any atom is -0.507 e. The number of aliphatic imine (C=N–C) groups is 1. The maximum atomic E-state index is 12.0. The number of carbonyl (C=O) groups excluding carboxylic acids is 1. The summed E-state index contributed by atoms with van der Waals surface area (Å²) in [6.07, 6.45) is 0. The first-order valence-electron chi connectivity index (χ1n) is 8.26. The highest BCUT2D eigenvalue weighted by atomic mass is 32.1. The maximum Gasteiger partial charge on any atom is 0.255 e. The molecule has 0 bridgehead atoms. The second kappa shape index (κ2) is 9.68. The van der Waals surface area contributed by atoms with E-state index in [1.165, 1.54) is 10.9 Å². The minimum absolute atomic E-state index is 0.0247. The number of benzene rings is 1. The highest BCUT2D eigenvalue weighted by molar-refractivity contribution is 7.10. The molecule has 0 aliphatic rings. The molecule has 0 spiro atoms. The van der Waals surface area contributed by atoms with Crippen LogP contribution in [0.25, 0.3) is 0 Å². The lowest BCUT2D eigenvalue weighted by atomic mass is 10.2. The summed E-state index contributed by atoms with van der Waals surface area (Å²) in [5.74, 6) is 0.377. The predicted molar refractivity (Wildman–Crippen MR) is 102 cm³/mol. The fourth-order valence-corrected chi connectivity index (χ4v) is 2.97. The van der Waals surface area contributed by atoms with Crippen LogP contribution in [0.4, 0.5) is 0 Å². The van der Waals surface area contributed by atoms with Crippen molar-refractivity contribution < 1.29 is 9.90 Å². The van der Waals surface area contributed by atoms with Gasteiger partial charge in [-0.2, -0.15) is 0 Å². The third kappa shape index (κ3) is 5.79. The largest absolute Gasteiger partial charge is 0.507 e. The number of thiophene rings is 1. The number of amides is 1. The van der Waals surface area contributed by atoms with Gasteiger partial charge >= 0.3 is 0 Å². The Morgan fingerprint density at radius 2 is 2.04 bits per heavy atom. The Kier molecular flexibility index (Phi) is 7.28. The van der Waals surface area contributed by atoms with Gasteiger partial charge in [0, 0.05) is 18.0 Å². The molecule has 0 aliphatic heterocycles. The molecule has 25 heavy (non-hydrogen) atoms. The number of guanidine groups is 1. The molecule has 1 amide bonds. The Bertz CT molecular complexity index is 701. The number of phenols is 1. The molecule has 7 heteroatoms. The number of aromatic hydroxyl groups is 1. The van der Waals surface area contributed by atoms with E-state index in [0.29, 0.717) is 19.0 Å². The molecule has 1 unspecified atom stereocenters. The van der Waals surface area contributed by atoms with Gasteiger partial charge in [0.15, 0.2) is 5.96 Å². The van der Waals surface area contributed by atoms with Crippen molar-refractivity contribution in [2.24, 2.45) is 4.99 Å². The molecule has 0 radical (unpaired) electrons. The van der Waals surface area contributed by atoms with Gasteiger partial charge in [0.25, 0.3) is 5.91 Å². The van der Waals surface area contributed by atoms with Gasteiger partial charge in [0.2, 0.25) is 0 Å². The van der Waals surface area contributed by atoms with E-state index in [0.717, 1.165) is 6.54 Å². The quantitative estimate of drug-likeness (QED) is 0.347. The highest BCUT2D eigenvalue weighted by Crippen LogP contribution is 2.17. The van der Waals surface area contributed by atoms with E-state index in [1.54, 1.807) is 29.5 Å². The van der Waals surface area contributed by atoms with Crippen LogP contribution in [0.5, 0.6) is 5.75 Å².